The molecule has 0 atom stereocenters. The Hall–Kier alpha value is -2.67. The van der Waals surface area contributed by atoms with Gasteiger partial charge in [-0.1, -0.05) is 19.1 Å². The predicted molar refractivity (Wildman–Crippen MR) is 100 cm³/mol. The Labute approximate surface area is 152 Å². The second-order valence-corrected chi connectivity index (χ2v) is 7.86. The number of fused-ring (bicyclic) bond motifs is 1. The number of ketones is 1. The summed E-state index contributed by atoms with van der Waals surface area (Å²) in [5, 5.41) is 0. The number of nitrogens with zero attached hydrogens (tertiary/aromatic N) is 1. The summed E-state index contributed by atoms with van der Waals surface area (Å²) in [7, 11) is -3.79. The van der Waals surface area contributed by atoms with E-state index in [0.29, 0.717) is 30.6 Å². The van der Waals surface area contributed by atoms with Crippen molar-refractivity contribution in [1.82, 2.24) is 0 Å². The fourth-order valence-electron chi connectivity index (χ4n) is 3.01. The molecule has 2 aromatic rings. The van der Waals surface area contributed by atoms with Gasteiger partial charge in [-0.05, 0) is 49.2 Å². The maximum atomic E-state index is 12.7. The SMILES string of the molecule is CCC(=O)N1CCc2cc(S(=O)(=O)Nc3cccc(C(C)=O)c3)ccc21. The van der Waals surface area contributed by atoms with E-state index in [2.05, 4.69) is 4.72 Å². The lowest BCUT2D eigenvalue weighted by atomic mass is 10.1. The van der Waals surface area contributed by atoms with Crippen LogP contribution in [0.15, 0.2) is 47.4 Å². The molecule has 1 N–H and O–H groups in total. The van der Waals surface area contributed by atoms with Crippen LogP contribution in [0, 0.1) is 0 Å². The molecule has 0 aromatic heterocycles. The Morgan fingerprint density at radius 1 is 1.15 bits per heavy atom. The lowest BCUT2D eigenvalue weighted by molar-refractivity contribution is -0.118. The highest BCUT2D eigenvalue weighted by molar-refractivity contribution is 7.92. The fraction of sp³-hybridized carbons (Fsp3) is 0.263. The van der Waals surface area contributed by atoms with E-state index in [4.69, 9.17) is 0 Å². The van der Waals surface area contributed by atoms with Gasteiger partial charge in [0.2, 0.25) is 5.91 Å². The zero-order valence-electron chi connectivity index (χ0n) is 14.7. The molecule has 7 heteroatoms. The van der Waals surface area contributed by atoms with Crippen LogP contribution in [0.1, 0.15) is 36.2 Å². The first-order valence-corrected chi connectivity index (χ1v) is 9.87. The number of benzene rings is 2. The maximum Gasteiger partial charge on any atom is 0.261 e. The van der Waals surface area contributed by atoms with Crippen LogP contribution in [0.4, 0.5) is 11.4 Å². The van der Waals surface area contributed by atoms with Crippen molar-refractivity contribution in [3.05, 3.63) is 53.6 Å². The number of hydrogen-bond acceptors (Lipinski definition) is 4. The van der Waals surface area contributed by atoms with Crippen molar-refractivity contribution < 1.29 is 18.0 Å². The molecule has 0 radical (unpaired) electrons. The van der Waals surface area contributed by atoms with E-state index in [1.54, 1.807) is 42.2 Å². The van der Waals surface area contributed by atoms with Crippen molar-refractivity contribution in [3.8, 4) is 0 Å². The Balaban J connectivity index is 1.88. The monoisotopic (exact) mass is 372 g/mol. The number of Topliss-reactive ketones (excluding diaryl/α,β-unsaturated/α-hetero) is 1. The zero-order valence-corrected chi connectivity index (χ0v) is 15.5. The third-order valence-corrected chi connectivity index (χ3v) is 5.76. The molecule has 1 heterocycles. The average molecular weight is 372 g/mol. The van der Waals surface area contributed by atoms with Gasteiger partial charge in [0.1, 0.15) is 0 Å². The summed E-state index contributed by atoms with van der Waals surface area (Å²) in [6.07, 6.45) is 1.04. The van der Waals surface area contributed by atoms with Crippen LogP contribution in [0.2, 0.25) is 0 Å². The van der Waals surface area contributed by atoms with Gasteiger partial charge in [0, 0.05) is 29.9 Å². The Morgan fingerprint density at radius 3 is 2.62 bits per heavy atom. The zero-order chi connectivity index (χ0) is 18.9. The molecule has 1 aliphatic heterocycles. The molecule has 26 heavy (non-hydrogen) atoms. The van der Waals surface area contributed by atoms with Gasteiger partial charge in [0.25, 0.3) is 10.0 Å². The molecule has 0 unspecified atom stereocenters. The minimum atomic E-state index is -3.79. The minimum Gasteiger partial charge on any atom is -0.312 e. The second kappa shape index (κ2) is 6.92. The summed E-state index contributed by atoms with van der Waals surface area (Å²) in [5.41, 5.74) is 2.38. The standard InChI is InChI=1S/C19H20N2O4S/c1-3-19(23)21-10-9-15-12-17(7-8-18(15)21)26(24,25)20-16-6-4-5-14(11-16)13(2)22/h4-8,11-12,20H,3,9-10H2,1-2H3. The molecule has 0 spiro atoms. The van der Waals surface area contributed by atoms with Gasteiger partial charge in [0.15, 0.2) is 5.78 Å². The first-order chi connectivity index (χ1) is 12.3. The van der Waals surface area contributed by atoms with Gasteiger partial charge < -0.3 is 4.90 Å². The van der Waals surface area contributed by atoms with E-state index in [0.717, 1.165) is 11.3 Å². The van der Waals surface area contributed by atoms with E-state index >= 15 is 0 Å². The maximum absolute atomic E-state index is 12.7. The van der Waals surface area contributed by atoms with Crippen molar-refractivity contribution in [3.63, 3.8) is 0 Å². The van der Waals surface area contributed by atoms with Crippen molar-refractivity contribution in [2.75, 3.05) is 16.2 Å². The number of amides is 1. The molecule has 136 valence electrons. The van der Waals surface area contributed by atoms with Crippen LogP contribution >= 0.6 is 0 Å². The minimum absolute atomic E-state index is 0.0264. The molecule has 3 rings (SSSR count). The van der Waals surface area contributed by atoms with Gasteiger partial charge >= 0.3 is 0 Å². The van der Waals surface area contributed by atoms with Crippen molar-refractivity contribution in [2.24, 2.45) is 0 Å². The Kier molecular flexibility index (Phi) is 4.82. The largest absolute Gasteiger partial charge is 0.312 e. The molecular weight excluding hydrogens is 352 g/mol. The van der Waals surface area contributed by atoms with Crippen LogP contribution < -0.4 is 9.62 Å². The van der Waals surface area contributed by atoms with Gasteiger partial charge in [-0.2, -0.15) is 0 Å². The first kappa shape index (κ1) is 18.1. The van der Waals surface area contributed by atoms with Crippen LogP contribution in [0.3, 0.4) is 0 Å². The van der Waals surface area contributed by atoms with Crippen LogP contribution in [-0.2, 0) is 21.2 Å². The van der Waals surface area contributed by atoms with Crippen LogP contribution in [0.25, 0.3) is 0 Å². The van der Waals surface area contributed by atoms with Crippen LogP contribution in [0.5, 0.6) is 0 Å². The highest BCUT2D eigenvalue weighted by Gasteiger charge is 2.25. The topological polar surface area (TPSA) is 83.6 Å². The highest BCUT2D eigenvalue weighted by atomic mass is 32.2. The molecule has 0 aliphatic carbocycles. The summed E-state index contributed by atoms with van der Waals surface area (Å²) in [5.74, 6) is -0.109. The molecule has 6 nitrogen and oxygen atoms in total. The van der Waals surface area contributed by atoms with Crippen molar-refractivity contribution in [1.29, 1.82) is 0 Å². The molecule has 0 bridgehead atoms. The molecule has 0 saturated heterocycles. The lowest BCUT2D eigenvalue weighted by Crippen LogP contribution is -2.27. The average Bonchev–Trinajstić information content (AvgIpc) is 3.04. The number of hydrogen-bond donors (Lipinski definition) is 1. The molecule has 1 amide bonds. The quantitative estimate of drug-likeness (QED) is 0.818. The molecule has 0 saturated carbocycles. The Morgan fingerprint density at radius 2 is 1.92 bits per heavy atom. The van der Waals surface area contributed by atoms with Crippen LogP contribution in [-0.4, -0.2) is 26.7 Å². The van der Waals surface area contributed by atoms with E-state index in [1.807, 2.05) is 0 Å². The summed E-state index contributed by atoms with van der Waals surface area (Å²) in [4.78, 5) is 25.2. The number of anilines is 2. The lowest BCUT2D eigenvalue weighted by Gasteiger charge is -2.16. The smallest absolute Gasteiger partial charge is 0.261 e. The highest BCUT2D eigenvalue weighted by Crippen LogP contribution is 2.31. The first-order valence-electron chi connectivity index (χ1n) is 8.39. The van der Waals surface area contributed by atoms with Crippen molar-refractivity contribution >= 4 is 33.1 Å². The van der Waals surface area contributed by atoms with Gasteiger partial charge in [0.05, 0.1) is 4.90 Å². The fourth-order valence-corrected chi connectivity index (χ4v) is 4.11. The number of carbonyl (C=O) groups is 2. The van der Waals surface area contributed by atoms with E-state index in [1.165, 1.54) is 19.1 Å². The van der Waals surface area contributed by atoms with Gasteiger partial charge in [-0.3, -0.25) is 14.3 Å². The molecule has 0 fully saturated rings. The van der Waals surface area contributed by atoms with E-state index in [9.17, 15) is 18.0 Å². The molecule has 2 aromatic carbocycles. The number of rotatable bonds is 5. The van der Waals surface area contributed by atoms with Gasteiger partial charge in [-0.15, -0.1) is 0 Å². The summed E-state index contributed by atoms with van der Waals surface area (Å²) < 4.78 is 27.9. The van der Waals surface area contributed by atoms with Crippen molar-refractivity contribution in [2.45, 2.75) is 31.6 Å². The molecular formula is C19H20N2O4S. The normalized spacial score (nSPS) is 13.4. The number of sulfonamides is 1. The summed E-state index contributed by atoms with van der Waals surface area (Å²) >= 11 is 0. The third-order valence-electron chi connectivity index (χ3n) is 4.38. The van der Waals surface area contributed by atoms with Gasteiger partial charge in [-0.25, -0.2) is 8.42 Å². The Bertz CT molecular complexity index is 983. The summed E-state index contributed by atoms with van der Waals surface area (Å²) in [6.45, 7) is 3.80. The van der Waals surface area contributed by atoms with E-state index < -0.39 is 10.0 Å². The van der Waals surface area contributed by atoms with E-state index in [-0.39, 0.29) is 16.6 Å². The summed E-state index contributed by atoms with van der Waals surface area (Å²) in [6, 6.07) is 11.2. The predicted octanol–water partition coefficient (Wildman–Crippen LogP) is 2.99. The molecule has 1 aliphatic rings. The third kappa shape index (κ3) is 3.48. The number of nitrogens with one attached hydrogen (secondary N) is 1. The second-order valence-electron chi connectivity index (χ2n) is 6.18. The number of carbonyl (C=O) groups excluding carboxylic acids is 2.